The van der Waals surface area contributed by atoms with Crippen LogP contribution in [0.2, 0.25) is 0 Å². The molecule has 0 bridgehead atoms. The van der Waals surface area contributed by atoms with Gasteiger partial charge in [-0.05, 0) is 30.7 Å². The molecule has 37 heavy (non-hydrogen) atoms. The minimum atomic E-state index is -4.55. The van der Waals surface area contributed by atoms with Crippen molar-refractivity contribution in [1.29, 1.82) is 5.26 Å². The van der Waals surface area contributed by atoms with Crippen LogP contribution in [0.1, 0.15) is 29.5 Å². The van der Waals surface area contributed by atoms with E-state index in [4.69, 9.17) is 15.2 Å². The molecule has 0 saturated carbocycles. The van der Waals surface area contributed by atoms with Crippen molar-refractivity contribution in [3.8, 4) is 6.07 Å². The van der Waals surface area contributed by atoms with Gasteiger partial charge < -0.3 is 25.8 Å². The Bertz CT molecular complexity index is 1130. The second-order valence-electron chi connectivity index (χ2n) is 7.66. The Hall–Kier alpha value is -3.57. The van der Waals surface area contributed by atoms with Crippen molar-refractivity contribution in [2.75, 3.05) is 44.2 Å². The number of halogens is 3. The lowest BCUT2D eigenvalue weighted by Crippen LogP contribution is -2.34. The molecule has 0 radical (unpaired) electrons. The minimum Gasteiger partial charge on any atom is -0.447 e. The van der Waals surface area contributed by atoms with E-state index < -0.39 is 29.7 Å². The van der Waals surface area contributed by atoms with E-state index in [0.717, 1.165) is 12.1 Å². The van der Waals surface area contributed by atoms with Crippen LogP contribution in [0.5, 0.6) is 0 Å². The molecule has 1 aromatic heterocycles. The average molecular weight is 541 g/mol. The maximum Gasteiger partial charge on any atom is 0.416 e. The SMILES string of the molecule is COCCOC(=O)NCCC[C@H](Nc1nc(N)nc(SC)c1C#N)C(=O)Cc1cccc(C(F)(F)F)c1. The first-order chi connectivity index (χ1) is 17.6. The summed E-state index contributed by atoms with van der Waals surface area (Å²) in [5, 5.41) is 15.4. The van der Waals surface area contributed by atoms with Crippen molar-refractivity contribution in [3.05, 3.63) is 41.0 Å². The van der Waals surface area contributed by atoms with Crippen LogP contribution in [-0.2, 0) is 26.9 Å². The van der Waals surface area contributed by atoms with E-state index in [1.165, 1.54) is 31.0 Å². The predicted octanol–water partition coefficient (Wildman–Crippen LogP) is 3.42. The number of benzene rings is 1. The predicted molar refractivity (Wildman–Crippen MR) is 131 cm³/mol. The number of nitrogen functional groups attached to an aromatic ring is 1. The van der Waals surface area contributed by atoms with Crippen LogP contribution < -0.4 is 16.4 Å². The zero-order chi connectivity index (χ0) is 27.4. The quantitative estimate of drug-likeness (QED) is 0.196. The first-order valence-electron chi connectivity index (χ1n) is 11.1. The largest absolute Gasteiger partial charge is 0.447 e. The Kier molecular flexibility index (Phi) is 11.4. The second kappa shape index (κ2) is 14.2. The van der Waals surface area contributed by atoms with Gasteiger partial charge in [0.25, 0.3) is 0 Å². The van der Waals surface area contributed by atoms with Crippen LogP contribution in [0.15, 0.2) is 29.3 Å². The van der Waals surface area contributed by atoms with Gasteiger partial charge in [-0.1, -0.05) is 18.2 Å². The monoisotopic (exact) mass is 540 g/mol. The Morgan fingerprint density at radius 1 is 1.27 bits per heavy atom. The van der Waals surface area contributed by atoms with E-state index in [9.17, 15) is 28.0 Å². The fourth-order valence-electron chi connectivity index (χ4n) is 3.24. The number of methoxy groups -OCH3 is 1. The third-order valence-corrected chi connectivity index (χ3v) is 5.67. The number of alkyl halides is 3. The smallest absolute Gasteiger partial charge is 0.416 e. The number of ether oxygens (including phenoxy) is 2. The summed E-state index contributed by atoms with van der Waals surface area (Å²) in [6.07, 6.45) is -3.33. The molecule has 4 N–H and O–H groups in total. The highest BCUT2D eigenvalue weighted by molar-refractivity contribution is 7.98. The molecule has 0 saturated heterocycles. The minimum absolute atomic E-state index is 0.0358. The number of thioether (sulfide) groups is 1. The summed E-state index contributed by atoms with van der Waals surface area (Å²) in [6.45, 7) is 0.477. The molecule has 1 atom stereocenters. The van der Waals surface area contributed by atoms with Gasteiger partial charge in [-0.15, -0.1) is 11.8 Å². The third-order valence-electron chi connectivity index (χ3n) is 4.99. The standard InChI is InChI=1S/C23H27F3N6O4S/c1-35-9-10-36-22(34)29-8-4-7-17(30-19-16(13-27)20(37-2)32-21(28)31-19)18(33)12-14-5-3-6-15(11-14)23(24,25)26/h3,5-6,11,17H,4,7-10,12H2,1-2H3,(H,29,34)(H3,28,30,31,32)/t17-/m0/s1. The normalized spacial score (nSPS) is 11.9. The molecule has 2 rings (SSSR count). The second-order valence-corrected chi connectivity index (χ2v) is 8.46. The van der Waals surface area contributed by atoms with Gasteiger partial charge in [0, 0.05) is 20.1 Å². The van der Waals surface area contributed by atoms with Crippen molar-refractivity contribution >= 4 is 35.4 Å². The number of hydrogen-bond donors (Lipinski definition) is 3. The van der Waals surface area contributed by atoms with Crippen LogP contribution in [0.3, 0.4) is 0 Å². The molecular formula is C23H27F3N6O4S. The fraction of sp³-hybridized carbons (Fsp3) is 0.435. The zero-order valence-corrected chi connectivity index (χ0v) is 21.0. The van der Waals surface area contributed by atoms with E-state index in [-0.39, 0.29) is 55.5 Å². The van der Waals surface area contributed by atoms with Gasteiger partial charge in [-0.25, -0.2) is 9.78 Å². The number of carbonyl (C=O) groups is 2. The van der Waals surface area contributed by atoms with Gasteiger partial charge in [-0.2, -0.15) is 23.4 Å². The Morgan fingerprint density at radius 3 is 2.68 bits per heavy atom. The summed E-state index contributed by atoms with van der Waals surface area (Å²) in [5.41, 5.74) is 5.15. The van der Waals surface area contributed by atoms with Gasteiger partial charge in [0.2, 0.25) is 5.95 Å². The van der Waals surface area contributed by atoms with E-state index in [1.807, 2.05) is 6.07 Å². The van der Waals surface area contributed by atoms with E-state index >= 15 is 0 Å². The number of nitrogens with one attached hydrogen (secondary N) is 2. The molecule has 1 heterocycles. The molecule has 1 aromatic carbocycles. The molecule has 0 aliphatic heterocycles. The Balaban J connectivity index is 2.19. The van der Waals surface area contributed by atoms with E-state index in [2.05, 4.69) is 20.6 Å². The average Bonchev–Trinajstić information content (AvgIpc) is 2.85. The number of ketones is 1. The Morgan fingerprint density at radius 2 is 2.03 bits per heavy atom. The first kappa shape index (κ1) is 29.7. The highest BCUT2D eigenvalue weighted by atomic mass is 32.2. The number of rotatable bonds is 13. The molecule has 200 valence electrons. The van der Waals surface area contributed by atoms with Crippen molar-refractivity contribution < 1.29 is 32.2 Å². The number of Topliss-reactive ketones (excluding diaryl/α,β-unsaturated/α-hetero) is 1. The number of amides is 1. The summed E-state index contributed by atoms with van der Waals surface area (Å²) in [7, 11) is 1.47. The van der Waals surface area contributed by atoms with Crippen LogP contribution >= 0.6 is 11.8 Å². The van der Waals surface area contributed by atoms with Gasteiger partial charge >= 0.3 is 12.3 Å². The maximum atomic E-state index is 13.2. The number of nitrogens with zero attached hydrogens (tertiary/aromatic N) is 3. The maximum absolute atomic E-state index is 13.2. The summed E-state index contributed by atoms with van der Waals surface area (Å²) in [4.78, 5) is 32.9. The van der Waals surface area contributed by atoms with Crippen molar-refractivity contribution in [3.63, 3.8) is 0 Å². The number of hydrogen-bond acceptors (Lipinski definition) is 10. The highest BCUT2D eigenvalue weighted by Crippen LogP contribution is 2.30. The number of anilines is 2. The van der Waals surface area contributed by atoms with Crippen LogP contribution in [0, 0.1) is 11.3 Å². The lowest BCUT2D eigenvalue weighted by Gasteiger charge is -2.20. The fourth-order valence-corrected chi connectivity index (χ4v) is 3.77. The molecular weight excluding hydrogens is 513 g/mol. The summed E-state index contributed by atoms with van der Waals surface area (Å²) >= 11 is 1.17. The molecule has 10 nitrogen and oxygen atoms in total. The van der Waals surface area contributed by atoms with Crippen LogP contribution in [-0.4, -0.2) is 61.0 Å². The number of carbonyl (C=O) groups excluding carboxylic acids is 2. The molecule has 1 amide bonds. The molecule has 0 aliphatic carbocycles. The molecule has 14 heteroatoms. The topological polar surface area (TPSA) is 152 Å². The van der Waals surface area contributed by atoms with Gasteiger partial charge in [0.1, 0.15) is 23.3 Å². The van der Waals surface area contributed by atoms with Crippen molar-refractivity contribution in [1.82, 2.24) is 15.3 Å². The van der Waals surface area contributed by atoms with Crippen molar-refractivity contribution in [2.24, 2.45) is 0 Å². The number of aromatic nitrogens is 2. The number of alkyl carbamates (subject to hydrolysis) is 1. The van der Waals surface area contributed by atoms with Gasteiger partial charge in [0.05, 0.1) is 18.2 Å². The number of nitrogens with two attached hydrogens (primary N) is 1. The molecule has 0 unspecified atom stereocenters. The zero-order valence-electron chi connectivity index (χ0n) is 20.2. The Labute approximate surface area is 216 Å². The van der Waals surface area contributed by atoms with E-state index in [1.54, 1.807) is 6.26 Å². The van der Waals surface area contributed by atoms with Crippen LogP contribution in [0.25, 0.3) is 0 Å². The highest BCUT2D eigenvalue weighted by Gasteiger charge is 2.31. The first-order valence-corrected chi connectivity index (χ1v) is 12.3. The molecule has 2 aromatic rings. The van der Waals surface area contributed by atoms with Crippen molar-refractivity contribution in [2.45, 2.75) is 36.5 Å². The van der Waals surface area contributed by atoms with E-state index in [0.29, 0.717) is 11.4 Å². The molecule has 0 aliphatic rings. The third kappa shape index (κ3) is 9.43. The van der Waals surface area contributed by atoms with Crippen LogP contribution in [0.4, 0.5) is 29.7 Å². The lowest BCUT2D eigenvalue weighted by molar-refractivity contribution is -0.137. The van der Waals surface area contributed by atoms with Gasteiger partial charge in [-0.3, -0.25) is 4.79 Å². The summed E-state index contributed by atoms with van der Waals surface area (Å²) in [5.74, 6) is -0.516. The number of nitriles is 1. The summed E-state index contributed by atoms with van der Waals surface area (Å²) < 4.78 is 49.0. The lowest BCUT2D eigenvalue weighted by atomic mass is 9.98. The van der Waals surface area contributed by atoms with Gasteiger partial charge in [0.15, 0.2) is 11.6 Å². The molecule has 0 spiro atoms. The summed E-state index contributed by atoms with van der Waals surface area (Å²) in [6, 6.07) is 5.54. The molecule has 0 fully saturated rings.